The largest absolute Gasteiger partial charge is 0.370 e. The van der Waals surface area contributed by atoms with Crippen molar-refractivity contribution in [1.82, 2.24) is 5.32 Å². The van der Waals surface area contributed by atoms with Gasteiger partial charge in [-0.1, -0.05) is 15.9 Å². The number of fused-ring (bicyclic) bond motifs is 1. The SMILES string of the molecule is O=C1NC(=O)[C@@H]2CN(c3ccc(Br)cc3)C[C@H]12. The molecule has 1 aromatic carbocycles. The Labute approximate surface area is 107 Å². The van der Waals surface area contributed by atoms with Crippen molar-refractivity contribution in [1.29, 1.82) is 0 Å². The molecule has 0 unspecified atom stereocenters. The molecule has 0 aromatic heterocycles. The van der Waals surface area contributed by atoms with Crippen molar-refractivity contribution >= 4 is 33.4 Å². The van der Waals surface area contributed by atoms with E-state index < -0.39 is 0 Å². The number of rotatable bonds is 1. The number of anilines is 1. The molecule has 4 nitrogen and oxygen atoms in total. The molecule has 3 rings (SSSR count). The third-order valence-electron chi connectivity index (χ3n) is 3.43. The van der Waals surface area contributed by atoms with Crippen molar-refractivity contribution in [3.63, 3.8) is 0 Å². The van der Waals surface area contributed by atoms with Crippen LogP contribution in [-0.4, -0.2) is 24.9 Å². The van der Waals surface area contributed by atoms with Gasteiger partial charge in [-0.25, -0.2) is 0 Å². The summed E-state index contributed by atoms with van der Waals surface area (Å²) in [6, 6.07) is 7.91. The first-order valence-corrected chi connectivity index (χ1v) is 6.29. The molecular formula is C12H11BrN2O2. The Hall–Kier alpha value is -1.36. The molecule has 0 bridgehead atoms. The van der Waals surface area contributed by atoms with Crippen molar-refractivity contribution in [2.24, 2.45) is 11.8 Å². The summed E-state index contributed by atoms with van der Waals surface area (Å²) in [5.41, 5.74) is 1.06. The Morgan fingerprint density at radius 3 is 2.12 bits per heavy atom. The van der Waals surface area contributed by atoms with E-state index >= 15 is 0 Å². The number of benzene rings is 1. The molecule has 2 aliphatic heterocycles. The highest BCUT2D eigenvalue weighted by Gasteiger charge is 2.47. The molecule has 0 spiro atoms. The maximum absolute atomic E-state index is 11.5. The first-order valence-electron chi connectivity index (χ1n) is 5.50. The third-order valence-corrected chi connectivity index (χ3v) is 3.96. The van der Waals surface area contributed by atoms with Crippen molar-refractivity contribution < 1.29 is 9.59 Å². The molecule has 2 aliphatic rings. The Kier molecular flexibility index (Phi) is 2.43. The quantitative estimate of drug-likeness (QED) is 0.791. The summed E-state index contributed by atoms with van der Waals surface area (Å²) in [4.78, 5) is 25.2. The van der Waals surface area contributed by atoms with Gasteiger partial charge in [-0.15, -0.1) is 0 Å². The molecule has 1 aromatic rings. The number of hydrogen-bond donors (Lipinski definition) is 1. The van der Waals surface area contributed by atoms with Crippen molar-refractivity contribution in [2.75, 3.05) is 18.0 Å². The number of carbonyl (C=O) groups is 2. The highest BCUT2D eigenvalue weighted by Crippen LogP contribution is 2.32. The van der Waals surface area contributed by atoms with Crippen LogP contribution < -0.4 is 10.2 Å². The fourth-order valence-electron chi connectivity index (χ4n) is 2.50. The zero-order valence-corrected chi connectivity index (χ0v) is 10.6. The second-order valence-electron chi connectivity index (χ2n) is 4.45. The van der Waals surface area contributed by atoms with E-state index in [0.717, 1.165) is 10.2 Å². The lowest BCUT2D eigenvalue weighted by atomic mass is 10.00. The summed E-state index contributed by atoms with van der Waals surface area (Å²) in [6.45, 7) is 1.26. The number of imide groups is 1. The monoisotopic (exact) mass is 294 g/mol. The van der Waals surface area contributed by atoms with E-state index in [1.165, 1.54) is 0 Å². The number of halogens is 1. The number of carbonyl (C=O) groups excluding carboxylic acids is 2. The van der Waals surface area contributed by atoms with Gasteiger partial charge < -0.3 is 4.90 Å². The Morgan fingerprint density at radius 2 is 1.59 bits per heavy atom. The van der Waals surface area contributed by atoms with Gasteiger partial charge in [-0.3, -0.25) is 14.9 Å². The first kappa shape index (κ1) is 10.8. The number of nitrogens with one attached hydrogen (secondary N) is 1. The second-order valence-corrected chi connectivity index (χ2v) is 5.36. The Bertz CT molecular complexity index is 464. The minimum atomic E-state index is -0.175. The summed E-state index contributed by atoms with van der Waals surface area (Å²) < 4.78 is 1.02. The molecule has 0 saturated carbocycles. The van der Waals surface area contributed by atoms with E-state index in [9.17, 15) is 9.59 Å². The van der Waals surface area contributed by atoms with Gasteiger partial charge in [-0.05, 0) is 24.3 Å². The fourth-order valence-corrected chi connectivity index (χ4v) is 2.77. The van der Waals surface area contributed by atoms with Crippen molar-refractivity contribution in [2.45, 2.75) is 0 Å². The highest BCUT2D eigenvalue weighted by atomic mass is 79.9. The van der Waals surface area contributed by atoms with Gasteiger partial charge in [0.2, 0.25) is 11.8 Å². The highest BCUT2D eigenvalue weighted by molar-refractivity contribution is 9.10. The molecule has 17 heavy (non-hydrogen) atoms. The predicted octanol–water partition coefficient (Wildman–Crippen LogP) is 1.16. The Morgan fingerprint density at radius 1 is 1.06 bits per heavy atom. The lowest BCUT2D eigenvalue weighted by Gasteiger charge is -2.19. The van der Waals surface area contributed by atoms with E-state index in [4.69, 9.17) is 0 Å². The average Bonchev–Trinajstić information content (AvgIpc) is 2.83. The van der Waals surface area contributed by atoms with Gasteiger partial charge in [0.1, 0.15) is 0 Å². The fraction of sp³-hybridized carbons (Fsp3) is 0.333. The maximum atomic E-state index is 11.5. The number of amides is 2. The lowest BCUT2D eigenvalue weighted by molar-refractivity contribution is -0.126. The molecule has 5 heteroatoms. The van der Waals surface area contributed by atoms with Crippen LogP contribution in [0.1, 0.15) is 0 Å². The standard InChI is InChI=1S/C12H11BrN2O2/c13-7-1-3-8(4-2-7)15-5-9-10(6-15)12(17)14-11(9)16/h1-4,9-10H,5-6H2,(H,14,16,17)/t9-,10+. The van der Waals surface area contributed by atoms with Crippen LogP contribution in [0.25, 0.3) is 0 Å². The smallest absolute Gasteiger partial charge is 0.232 e. The van der Waals surface area contributed by atoms with Gasteiger partial charge in [0, 0.05) is 23.2 Å². The number of hydrogen-bond acceptors (Lipinski definition) is 3. The van der Waals surface area contributed by atoms with E-state index in [0.29, 0.717) is 13.1 Å². The molecule has 2 saturated heterocycles. The lowest BCUT2D eigenvalue weighted by Crippen LogP contribution is -2.31. The van der Waals surface area contributed by atoms with Crippen molar-refractivity contribution in [3.05, 3.63) is 28.7 Å². The van der Waals surface area contributed by atoms with Crippen LogP contribution in [-0.2, 0) is 9.59 Å². The Balaban J connectivity index is 1.83. The molecule has 0 radical (unpaired) electrons. The minimum absolute atomic E-state index is 0.125. The van der Waals surface area contributed by atoms with E-state index in [1.54, 1.807) is 0 Å². The van der Waals surface area contributed by atoms with Crippen LogP contribution >= 0.6 is 15.9 Å². The zero-order chi connectivity index (χ0) is 12.0. The third kappa shape index (κ3) is 1.74. The zero-order valence-electron chi connectivity index (χ0n) is 9.02. The molecular weight excluding hydrogens is 284 g/mol. The van der Waals surface area contributed by atoms with Crippen molar-refractivity contribution in [3.8, 4) is 0 Å². The average molecular weight is 295 g/mol. The summed E-state index contributed by atoms with van der Waals surface area (Å²) in [5, 5.41) is 2.39. The summed E-state index contributed by atoms with van der Waals surface area (Å²) in [7, 11) is 0. The summed E-state index contributed by atoms with van der Waals surface area (Å²) in [6.07, 6.45) is 0. The topological polar surface area (TPSA) is 49.4 Å². The van der Waals surface area contributed by atoms with Crippen LogP contribution in [0.5, 0.6) is 0 Å². The van der Waals surface area contributed by atoms with Gasteiger partial charge in [0.05, 0.1) is 11.8 Å². The molecule has 2 fully saturated rings. The molecule has 2 atom stereocenters. The van der Waals surface area contributed by atoms with Crippen LogP contribution in [0.3, 0.4) is 0 Å². The number of nitrogens with zero attached hydrogens (tertiary/aromatic N) is 1. The summed E-state index contributed by atoms with van der Waals surface area (Å²) >= 11 is 3.38. The molecule has 88 valence electrons. The molecule has 0 aliphatic carbocycles. The molecule has 2 amide bonds. The van der Waals surface area contributed by atoms with Crippen LogP contribution in [0.4, 0.5) is 5.69 Å². The predicted molar refractivity (Wildman–Crippen MR) is 66.5 cm³/mol. The van der Waals surface area contributed by atoms with Crippen LogP contribution in [0.15, 0.2) is 28.7 Å². The first-order chi connectivity index (χ1) is 8.15. The molecule has 2 heterocycles. The van der Waals surface area contributed by atoms with Gasteiger partial charge in [0.25, 0.3) is 0 Å². The molecule has 1 N–H and O–H groups in total. The van der Waals surface area contributed by atoms with Gasteiger partial charge >= 0.3 is 0 Å². The van der Waals surface area contributed by atoms with Gasteiger partial charge in [-0.2, -0.15) is 0 Å². The van der Waals surface area contributed by atoms with E-state index in [2.05, 4.69) is 26.1 Å². The van der Waals surface area contributed by atoms with Gasteiger partial charge in [0.15, 0.2) is 0 Å². The normalized spacial score (nSPS) is 27.2. The van der Waals surface area contributed by atoms with E-state index in [1.807, 2.05) is 24.3 Å². The van der Waals surface area contributed by atoms with E-state index in [-0.39, 0.29) is 23.7 Å². The summed E-state index contributed by atoms with van der Waals surface area (Å²) in [5.74, 6) is -0.600. The second kappa shape index (κ2) is 3.84. The van der Waals surface area contributed by atoms with Crippen LogP contribution in [0.2, 0.25) is 0 Å². The van der Waals surface area contributed by atoms with Crippen LogP contribution in [0, 0.1) is 11.8 Å². The minimum Gasteiger partial charge on any atom is -0.370 e. The maximum Gasteiger partial charge on any atom is 0.232 e.